The molecule has 0 atom stereocenters. The zero-order chi connectivity index (χ0) is 19.3. The molecule has 29 heavy (non-hydrogen) atoms. The van der Waals surface area contributed by atoms with Crippen LogP contribution in [0, 0.1) is 0 Å². The zero-order valence-electron chi connectivity index (χ0n) is 16.7. The van der Waals surface area contributed by atoms with E-state index in [0.29, 0.717) is 6.54 Å². The van der Waals surface area contributed by atoms with Crippen molar-refractivity contribution in [3.8, 4) is 5.75 Å². The lowest BCUT2D eigenvalue weighted by molar-refractivity contribution is 0.372. The highest BCUT2D eigenvalue weighted by atomic mass is 127. The highest BCUT2D eigenvalue weighted by molar-refractivity contribution is 14.0. The number of aromatic nitrogens is 2. The smallest absolute Gasteiger partial charge is 0.194 e. The Morgan fingerprint density at radius 3 is 2.83 bits per heavy atom. The second-order valence-electron chi connectivity index (χ2n) is 6.67. The Balaban J connectivity index is 0.00000240. The summed E-state index contributed by atoms with van der Waals surface area (Å²) in [6.45, 7) is 7.33. The maximum absolute atomic E-state index is 5.35. The van der Waals surface area contributed by atoms with Gasteiger partial charge in [0.1, 0.15) is 5.75 Å². The van der Waals surface area contributed by atoms with Crippen molar-refractivity contribution < 1.29 is 4.74 Å². The summed E-state index contributed by atoms with van der Waals surface area (Å²) in [7, 11) is 1.71. The maximum atomic E-state index is 5.35. The van der Waals surface area contributed by atoms with E-state index in [9.17, 15) is 0 Å². The summed E-state index contributed by atoms with van der Waals surface area (Å²) >= 11 is 1.64. The van der Waals surface area contributed by atoms with E-state index in [1.165, 1.54) is 5.69 Å². The van der Waals surface area contributed by atoms with Gasteiger partial charge in [-0.05, 0) is 19.1 Å². The summed E-state index contributed by atoms with van der Waals surface area (Å²) < 4.78 is 7.40. The van der Waals surface area contributed by atoms with Crippen LogP contribution in [0.25, 0.3) is 4.96 Å². The van der Waals surface area contributed by atoms with Gasteiger partial charge in [-0.15, -0.1) is 35.3 Å². The van der Waals surface area contributed by atoms with Gasteiger partial charge >= 0.3 is 0 Å². The van der Waals surface area contributed by atoms with Crippen molar-refractivity contribution in [3.05, 3.63) is 47.7 Å². The molecule has 0 spiro atoms. The Morgan fingerprint density at radius 2 is 2.10 bits per heavy atom. The number of thiazole rings is 1. The fourth-order valence-corrected chi connectivity index (χ4v) is 4.14. The molecule has 1 saturated heterocycles. The Hall–Kier alpha value is -2.01. The fourth-order valence-electron chi connectivity index (χ4n) is 3.42. The van der Waals surface area contributed by atoms with Gasteiger partial charge in [-0.25, -0.2) is 9.98 Å². The number of guanidine groups is 1. The van der Waals surface area contributed by atoms with Crippen LogP contribution in [-0.4, -0.2) is 60.1 Å². The van der Waals surface area contributed by atoms with Crippen molar-refractivity contribution in [1.82, 2.24) is 19.6 Å². The number of hydrogen-bond acceptors (Lipinski definition) is 5. The number of aliphatic imine (C=N–C) groups is 1. The highest BCUT2D eigenvalue weighted by Gasteiger charge is 2.20. The van der Waals surface area contributed by atoms with Gasteiger partial charge in [0, 0.05) is 62.3 Å². The number of halogens is 1. The molecule has 1 aromatic carbocycles. The first-order valence-electron chi connectivity index (χ1n) is 9.60. The van der Waals surface area contributed by atoms with Crippen molar-refractivity contribution in [1.29, 1.82) is 0 Å². The number of imidazole rings is 1. The molecular weight excluding hydrogens is 499 g/mol. The Labute approximate surface area is 192 Å². The van der Waals surface area contributed by atoms with Crippen molar-refractivity contribution in [3.63, 3.8) is 0 Å². The van der Waals surface area contributed by atoms with Crippen molar-refractivity contribution in [2.45, 2.75) is 13.5 Å². The van der Waals surface area contributed by atoms with Crippen molar-refractivity contribution in [2.75, 3.05) is 44.7 Å². The zero-order valence-corrected chi connectivity index (χ0v) is 19.9. The van der Waals surface area contributed by atoms with Crippen LogP contribution < -0.4 is 15.0 Å². The molecule has 0 unspecified atom stereocenters. The van der Waals surface area contributed by atoms with Crippen LogP contribution in [0.15, 0.2) is 47.0 Å². The topological polar surface area (TPSA) is 57.4 Å². The van der Waals surface area contributed by atoms with Crippen LogP contribution >= 0.6 is 35.3 Å². The minimum absolute atomic E-state index is 0. The van der Waals surface area contributed by atoms with Gasteiger partial charge in [0.05, 0.1) is 19.3 Å². The lowest BCUT2D eigenvalue weighted by atomic mass is 10.2. The van der Waals surface area contributed by atoms with Crippen LogP contribution in [0.2, 0.25) is 0 Å². The van der Waals surface area contributed by atoms with Crippen LogP contribution in [0.1, 0.15) is 12.6 Å². The van der Waals surface area contributed by atoms with Gasteiger partial charge in [-0.3, -0.25) is 4.40 Å². The first-order valence-corrected chi connectivity index (χ1v) is 10.5. The summed E-state index contributed by atoms with van der Waals surface area (Å²) in [5.74, 6) is 1.86. The standard InChI is InChI=1S/C20H26N6OS.HI/c1-3-21-19(22-14-16-15-26-11-12-28-20(26)23-16)25-9-7-24(8-10-25)17-5-4-6-18(13-17)27-2;/h4-6,11-13,15H,3,7-10,14H2,1-2H3,(H,21,22);1H. The van der Waals surface area contributed by atoms with E-state index in [2.05, 4.69) is 49.8 Å². The normalized spacial score (nSPS) is 14.8. The molecule has 9 heteroatoms. The molecule has 156 valence electrons. The SMILES string of the molecule is CCNC(=NCc1cn2ccsc2n1)N1CCN(c2cccc(OC)c2)CC1.I. The number of rotatable bonds is 5. The molecular formula is C20H27IN6OS. The molecule has 0 amide bonds. The van der Waals surface area contributed by atoms with E-state index in [-0.39, 0.29) is 24.0 Å². The molecule has 3 aromatic rings. The first kappa shape index (κ1) is 21.7. The molecule has 4 rings (SSSR count). The lowest BCUT2D eigenvalue weighted by Gasteiger charge is -2.37. The third kappa shape index (κ3) is 5.13. The molecule has 1 N–H and O–H groups in total. The summed E-state index contributed by atoms with van der Waals surface area (Å²) in [5.41, 5.74) is 2.20. The van der Waals surface area contributed by atoms with E-state index >= 15 is 0 Å². The second kappa shape index (κ2) is 10.1. The van der Waals surface area contributed by atoms with E-state index in [4.69, 9.17) is 9.73 Å². The van der Waals surface area contributed by atoms with Crippen molar-refractivity contribution >= 4 is 51.9 Å². The summed E-state index contributed by atoms with van der Waals surface area (Å²) in [6, 6.07) is 8.26. The highest BCUT2D eigenvalue weighted by Crippen LogP contribution is 2.22. The summed E-state index contributed by atoms with van der Waals surface area (Å²) in [5, 5.41) is 5.47. The number of piperazine rings is 1. The van der Waals surface area contributed by atoms with Gasteiger partial charge in [0.15, 0.2) is 10.9 Å². The Kier molecular flexibility index (Phi) is 7.59. The lowest BCUT2D eigenvalue weighted by Crippen LogP contribution is -2.52. The van der Waals surface area contributed by atoms with Gasteiger partial charge in [0.2, 0.25) is 0 Å². The average Bonchev–Trinajstić information content (AvgIpc) is 3.33. The molecule has 1 aliphatic rings. The Bertz CT molecular complexity index is 919. The van der Waals surface area contributed by atoms with E-state index in [1.807, 2.05) is 23.7 Å². The minimum Gasteiger partial charge on any atom is -0.497 e. The third-order valence-electron chi connectivity index (χ3n) is 4.87. The molecule has 1 aliphatic heterocycles. The van der Waals surface area contributed by atoms with E-state index < -0.39 is 0 Å². The minimum atomic E-state index is 0. The third-order valence-corrected chi connectivity index (χ3v) is 5.64. The number of hydrogen-bond donors (Lipinski definition) is 1. The molecule has 0 saturated carbocycles. The quantitative estimate of drug-likeness (QED) is 0.314. The van der Waals surface area contributed by atoms with Crippen LogP contribution in [0.5, 0.6) is 5.75 Å². The summed E-state index contributed by atoms with van der Waals surface area (Å²) in [6.07, 6.45) is 4.09. The van der Waals surface area contributed by atoms with E-state index in [1.54, 1.807) is 18.4 Å². The monoisotopic (exact) mass is 526 g/mol. The van der Waals surface area contributed by atoms with Gasteiger partial charge < -0.3 is 19.9 Å². The number of methoxy groups -OCH3 is 1. The first-order chi connectivity index (χ1) is 13.8. The second-order valence-corrected chi connectivity index (χ2v) is 7.54. The number of nitrogens with zero attached hydrogens (tertiary/aromatic N) is 5. The predicted octanol–water partition coefficient (Wildman–Crippen LogP) is 3.31. The predicted molar refractivity (Wildman–Crippen MR) is 130 cm³/mol. The molecule has 2 aromatic heterocycles. The maximum Gasteiger partial charge on any atom is 0.194 e. The van der Waals surface area contributed by atoms with Crippen LogP contribution in [-0.2, 0) is 6.54 Å². The number of anilines is 1. The number of benzene rings is 1. The fraction of sp³-hybridized carbons (Fsp3) is 0.400. The van der Waals surface area contributed by atoms with Gasteiger partial charge in [0.25, 0.3) is 0 Å². The van der Waals surface area contributed by atoms with Gasteiger partial charge in [-0.2, -0.15) is 0 Å². The molecule has 0 radical (unpaired) electrons. The number of fused-ring (bicyclic) bond motifs is 1. The van der Waals surface area contributed by atoms with Crippen LogP contribution in [0.4, 0.5) is 5.69 Å². The van der Waals surface area contributed by atoms with E-state index in [0.717, 1.165) is 55.1 Å². The molecule has 1 fully saturated rings. The largest absolute Gasteiger partial charge is 0.497 e. The molecule has 0 aliphatic carbocycles. The molecule has 3 heterocycles. The molecule has 0 bridgehead atoms. The van der Waals surface area contributed by atoms with Gasteiger partial charge in [-0.1, -0.05) is 6.07 Å². The van der Waals surface area contributed by atoms with Crippen LogP contribution in [0.3, 0.4) is 0 Å². The number of ether oxygens (including phenoxy) is 1. The number of nitrogens with one attached hydrogen (secondary N) is 1. The molecule has 7 nitrogen and oxygen atoms in total. The average molecular weight is 526 g/mol. The summed E-state index contributed by atoms with van der Waals surface area (Å²) in [4.78, 5) is 15.2. The Morgan fingerprint density at radius 1 is 1.28 bits per heavy atom. The van der Waals surface area contributed by atoms with Crippen molar-refractivity contribution in [2.24, 2.45) is 4.99 Å².